The fraction of sp³-hybridized carbons (Fsp3) is 0.0909. The molecule has 3 aromatic carbocycles. The lowest BCUT2D eigenvalue weighted by molar-refractivity contribution is -0.136. The van der Waals surface area contributed by atoms with E-state index in [1.54, 1.807) is 0 Å². The first-order chi connectivity index (χ1) is 18.6. The molecule has 0 radical (unpaired) electrons. The fourth-order valence-corrected chi connectivity index (χ4v) is 5.46. The smallest absolute Gasteiger partial charge is 0.262 e. The molecule has 1 aliphatic rings. The maximum atomic E-state index is 14.2. The van der Waals surface area contributed by atoms with Crippen molar-refractivity contribution >= 4 is 44.8 Å². The first-order valence-corrected chi connectivity index (χ1v) is 12.6. The zero-order valence-corrected chi connectivity index (χ0v) is 21.0. The van der Waals surface area contributed by atoms with E-state index in [-0.39, 0.29) is 18.4 Å². The van der Waals surface area contributed by atoms with Gasteiger partial charge in [-0.2, -0.15) is 0 Å². The largest absolute Gasteiger partial charge is 0.343 e. The molecular formula is C33H27N3O2. The van der Waals surface area contributed by atoms with Gasteiger partial charge < -0.3 is 9.13 Å². The van der Waals surface area contributed by atoms with Gasteiger partial charge in [0.15, 0.2) is 0 Å². The summed E-state index contributed by atoms with van der Waals surface area (Å²) in [5.74, 6) is -0.563. The molecule has 5 heteroatoms. The van der Waals surface area contributed by atoms with Crippen LogP contribution < -0.4 is 0 Å². The highest BCUT2D eigenvalue weighted by Gasteiger charge is 2.41. The van der Waals surface area contributed by atoms with Gasteiger partial charge in [-0.25, -0.2) is 0 Å². The van der Waals surface area contributed by atoms with E-state index < -0.39 is 0 Å². The van der Waals surface area contributed by atoms with Crippen LogP contribution in [0.2, 0.25) is 0 Å². The summed E-state index contributed by atoms with van der Waals surface area (Å²) in [7, 11) is 0. The van der Waals surface area contributed by atoms with Crippen LogP contribution in [0, 0.1) is 0 Å². The summed E-state index contributed by atoms with van der Waals surface area (Å²) in [6.07, 6.45) is 7.61. The first kappa shape index (κ1) is 23.5. The monoisotopic (exact) mass is 497 g/mol. The highest BCUT2D eigenvalue weighted by atomic mass is 16.2. The van der Waals surface area contributed by atoms with E-state index in [9.17, 15) is 9.59 Å². The minimum absolute atomic E-state index is 0.210. The van der Waals surface area contributed by atoms with Crippen molar-refractivity contribution < 1.29 is 9.59 Å². The van der Waals surface area contributed by atoms with Gasteiger partial charge in [0.1, 0.15) is 0 Å². The molecule has 5 aromatic rings. The molecule has 0 saturated heterocycles. The number of carbonyl (C=O) groups is 2. The molecule has 2 amide bonds. The van der Waals surface area contributed by atoms with Gasteiger partial charge in [-0.15, -0.1) is 13.2 Å². The quantitative estimate of drug-likeness (QED) is 0.183. The topological polar surface area (TPSA) is 47.2 Å². The number of amides is 2. The molecule has 0 bridgehead atoms. The summed E-state index contributed by atoms with van der Waals surface area (Å²) in [6.45, 7) is 9.20. The number of allylic oxidation sites excluding steroid dienone is 2. The number of fused-ring (bicyclic) bond motifs is 2. The van der Waals surface area contributed by atoms with E-state index in [4.69, 9.17) is 0 Å². The maximum absolute atomic E-state index is 14.2. The van der Waals surface area contributed by atoms with Gasteiger partial charge in [0.2, 0.25) is 0 Å². The molecule has 5 nitrogen and oxygen atoms in total. The number of nitrogens with zero attached hydrogens (tertiary/aromatic N) is 3. The summed E-state index contributed by atoms with van der Waals surface area (Å²) in [5.41, 5.74) is 5.27. The predicted octanol–water partition coefficient (Wildman–Crippen LogP) is 6.45. The Morgan fingerprint density at radius 2 is 1.05 bits per heavy atom. The molecule has 0 atom stereocenters. The zero-order valence-electron chi connectivity index (χ0n) is 21.0. The van der Waals surface area contributed by atoms with Crippen LogP contribution in [0.15, 0.2) is 117 Å². The molecule has 0 N–H and O–H groups in total. The van der Waals surface area contributed by atoms with Crippen molar-refractivity contribution in [3.05, 3.63) is 133 Å². The number of rotatable bonds is 8. The van der Waals surface area contributed by atoms with Gasteiger partial charge in [-0.05, 0) is 17.7 Å². The minimum atomic E-state index is -0.282. The van der Waals surface area contributed by atoms with E-state index in [1.807, 2.05) is 103 Å². The molecule has 186 valence electrons. The van der Waals surface area contributed by atoms with Crippen molar-refractivity contribution in [1.82, 2.24) is 14.0 Å². The van der Waals surface area contributed by atoms with Crippen LogP contribution in [0.3, 0.4) is 0 Å². The lowest BCUT2D eigenvalue weighted by Gasteiger charge is -2.15. The maximum Gasteiger partial charge on any atom is 0.262 e. The Hall–Kier alpha value is -4.90. The van der Waals surface area contributed by atoms with Gasteiger partial charge in [0.05, 0.1) is 17.7 Å². The van der Waals surface area contributed by atoms with Crippen molar-refractivity contribution in [3.8, 4) is 0 Å². The Kier molecular flexibility index (Phi) is 5.89. The number of para-hydroxylation sites is 2. The third kappa shape index (κ3) is 3.71. The summed E-state index contributed by atoms with van der Waals surface area (Å²) < 4.78 is 4.14. The van der Waals surface area contributed by atoms with E-state index in [0.29, 0.717) is 24.2 Å². The highest BCUT2D eigenvalue weighted by molar-refractivity contribution is 6.50. The van der Waals surface area contributed by atoms with Crippen molar-refractivity contribution in [2.75, 3.05) is 0 Å². The van der Waals surface area contributed by atoms with E-state index in [2.05, 4.69) is 22.3 Å². The molecule has 6 rings (SSSR count). The molecule has 3 heterocycles. The second-order valence-corrected chi connectivity index (χ2v) is 9.43. The predicted molar refractivity (Wildman–Crippen MR) is 153 cm³/mol. The third-order valence-electron chi connectivity index (χ3n) is 7.12. The summed E-state index contributed by atoms with van der Waals surface area (Å²) in [6, 6.07) is 25.6. The van der Waals surface area contributed by atoms with E-state index in [0.717, 1.165) is 38.5 Å². The normalized spacial score (nSPS) is 13.7. The average Bonchev–Trinajstić information content (AvgIpc) is 3.56. The number of carbonyl (C=O) groups excluding carboxylic acids is 2. The van der Waals surface area contributed by atoms with Crippen LogP contribution >= 0.6 is 0 Å². The number of benzene rings is 3. The fourth-order valence-electron chi connectivity index (χ4n) is 5.46. The SMILES string of the molecule is C=CCn1cc(C2=C(c3cn(CC=C)c4ccccc34)C(=O)N(Cc3ccccc3)C2=O)c2ccccc21. The second-order valence-electron chi connectivity index (χ2n) is 9.43. The summed E-state index contributed by atoms with van der Waals surface area (Å²) in [5, 5.41) is 1.86. The van der Waals surface area contributed by atoms with Crippen LogP contribution in [0.25, 0.3) is 33.0 Å². The number of imide groups is 1. The van der Waals surface area contributed by atoms with Gasteiger partial charge in [0, 0.05) is 58.4 Å². The van der Waals surface area contributed by atoms with Gasteiger partial charge in [-0.3, -0.25) is 14.5 Å². The van der Waals surface area contributed by atoms with Crippen LogP contribution in [-0.2, 0) is 29.2 Å². The lowest BCUT2D eigenvalue weighted by Crippen LogP contribution is -2.30. The highest BCUT2D eigenvalue weighted by Crippen LogP contribution is 2.42. The Bertz CT molecular complexity index is 1660. The molecule has 0 unspecified atom stereocenters. The Morgan fingerprint density at radius 3 is 1.53 bits per heavy atom. The molecule has 1 aliphatic heterocycles. The Morgan fingerprint density at radius 1 is 0.605 bits per heavy atom. The lowest BCUT2D eigenvalue weighted by atomic mass is 9.95. The van der Waals surface area contributed by atoms with E-state index >= 15 is 0 Å². The first-order valence-electron chi connectivity index (χ1n) is 12.6. The Labute approximate surface area is 221 Å². The van der Waals surface area contributed by atoms with Crippen molar-refractivity contribution in [2.24, 2.45) is 0 Å². The van der Waals surface area contributed by atoms with Crippen LogP contribution in [0.5, 0.6) is 0 Å². The number of hydrogen-bond acceptors (Lipinski definition) is 2. The van der Waals surface area contributed by atoms with Gasteiger partial charge in [-0.1, -0.05) is 78.9 Å². The number of aromatic nitrogens is 2. The summed E-state index contributed by atoms with van der Waals surface area (Å²) >= 11 is 0. The standard InChI is InChI=1S/C33H27N3O2/c1-3-18-34-21-26(24-14-8-10-16-28(24)34)30-31(27-22-35(19-4-2)29-17-11-9-15-25(27)29)33(38)36(32(30)37)20-23-12-6-5-7-13-23/h3-17,21-22H,1-2,18-20H2. The van der Waals surface area contributed by atoms with Crippen molar-refractivity contribution in [1.29, 1.82) is 0 Å². The molecule has 38 heavy (non-hydrogen) atoms. The van der Waals surface area contributed by atoms with Crippen LogP contribution in [-0.4, -0.2) is 25.8 Å². The van der Waals surface area contributed by atoms with Crippen molar-refractivity contribution in [2.45, 2.75) is 19.6 Å². The van der Waals surface area contributed by atoms with Gasteiger partial charge in [0.25, 0.3) is 11.8 Å². The van der Waals surface area contributed by atoms with Crippen molar-refractivity contribution in [3.63, 3.8) is 0 Å². The molecule has 0 spiro atoms. The second kappa shape index (κ2) is 9.52. The van der Waals surface area contributed by atoms with Gasteiger partial charge >= 0.3 is 0 Å². The third-order valence-corrected chi connectivity index (χ3v) is 7.12. The molecule has 0 saturated carbocycles. The molecule has 0 fully saturated rings. The molecule has 2 aromatic heterocycles. The summed E-state index contributed by atoms with van der Waals surface area (Å²) in [4.78, 5) is 29.7. The molecular weight excluding hydrogens is 470 g/mol. The molecule has 0 aliphatic carbocycles. The number of hydrogen-bond donors (Lipinski definition) is 0. The minimum Gasteiger partial charge on any atom is -0.343 e. The van der Waals surface area contributed by atoms with Crippen LogP contribution in [0.1, 0.15) is 16.7 Å². The Balaban J connectivity index is 1.62. The average molecular weight is 498 g/mol. The van der Waals surface area contributed by atoms with E-state index in [1.165, 1.54) is 4.90 Å². The van der Waals surface area contributed by atoms with Crippen LogP contribution in [0.4, 0.5) is 0 Å². The zero-order chi connectivity index (χ0) is 26.2.